The number of benzene rings is 1. The van der Waals surface area contributed by atoms with Crippen molar-refractivity contribution >= 4 is 33.4 Å². The first-order valence-corrected chi connectivity index (χ1v) is 5.46. The van der Waals surface area contributed by atoms with Crippen molar-refractivity contribution in [2.75, 3.05) is 24.2 Å². The van der Waals surface area contributed by atoms with Crippen LogP contribution >= 0.6 is 27.7 Å². The predicted molar refractivity (Wildman–Crippen MR) is 58.1 cm³/mol. The largest absolute Gasteiger partial charge is 0.373 e. The van der Waals surface area contributed by atoms with Crippen LogP contribution in [-0.2, 0) is 0 Å². The summed E-state index contributed by atoms with van der Waals surface area (Å²) in [5.41, 5.74) is 0.806. The van der Waals surface area contributed by atoms with Crippen LogP contribution in [0.25, 0.3) is 0 Å². The number of nitrogens with zero attached hydrogens (tertiary/aromatic N) is 1. The topological polar surface area (TPSA) is 3.24 Å². The Bertz CT molecular complexity index is 380. The maximum absolute atomic E-state index is 7.46. The zero-order valence-electron chi connectivity index (χ0n) is 9.38. The van der Waals surface area contributed by atoms with Gasteiger partial charge in [-0.2, -0.15) is 0 Å². The molecule has 1 aromatic rings. The maximum atomic E-state index is 7.46. The number of fused-ring (bicyclic) bond motifs is 1. The highest BCUT2D eigenvalue weighted by molar-refractivity contribution is 9.10. The van der Waals surface area contributed by atoms with Crippen LogP contribution < -0.4 is 4.90 Å². The monoisotopic (exact) mass is 246 g/mol. The summed E-state index contributed by atoms with van der Waals surface area (Å²) in [5.74, 6) is 0.826. The standard InChI is InChI=1S/C9H10BrNS/c1-11-4-5-12-9-3-2-7(10)6-8(9)11/h2-3,6H,4-5H2,1H3/i1D3. The Labute approximate surface area is 89.5 Å². The van der Waals surface area contributed by atoms with Gasteiger partial charge in [0.2, 0.25) is 0 Å². The molecule has 1 heterocycles. The molecule has 0 saturated carbocycles. The van der Waals surface area contributed by atoms with Gasteiger partial charge in [-0.25, -0.2) is 0 Å². The third kappa shape index (κ3) is 1.48. The summed E-state index contributed by atoms with van der Waals surface area (Å²) in [6.45, 7) is -1.47. The van der Waals surface area contributed by atoms with Crippen LogP contribution in [0.2, 0.25) is 0 Å². The van der Waals surface area contributed by atoms with Gasteiger partial charge in [0.05, 0.1) is 5.69 Å². The second-order valence-electron chi connectivity index (χ2n) is 2.61. The number of thioether (sulfide) groups is 1. The van der Waals surface area contributed by atoms with E-state index in [0.29, 0.717) is 6.54 Å². The van der Waals surface area contributed by atoms with Crippen LogP contribution in [0.1, 0.15) is 4.11 Å². The number of hydrogen-bond acceptors (Lipinski definition) is 2. The second kappa shape index (κ2) is 3.30. The van der Waals surface area contributed by atoms with Gasteiger partial charge in [-0.15, -0.1) is 11.8 Å². The molecule has 2 rings (SSSR count). The highest BCUT2D eigenvalue weighted by Gasteiger charge is 2.13. The summed E-state index contributed by atoms with van der Waals surface area (Å²) >= 11 is 5.07. The van der Waals surface area contributed by atoms with Crippen molar-refractivity contribution in [3.63, 3.8) is 0 Å². The van der Waals surface area contributed by atoms with E-state index in [-0.39, 0.29) is 0 Å². The lowest BCUT2D eigenvalue weighted by atomic mass is 10.3. The van der Waals surface area contributed by atoms with Crippen LogP contribution in [0.5, 0.6) is 0 Å². The van der Waals surface area contributed by atoms with E-state index >= 15 is 0 Å². The molecule has 0 aliphatic carbocycles. The van der Waals surface area contributed by atoms with Gasteiger partial charge in [0.15, 0.2) is 0 Å². The molecule has 3 heteroatoms. The minimum absolute atomic E-state index is 0.574. The first kappa shape index (κ1) is 5.55. The normalized spacial score (nSPS) is 20.8. The third-order valence-electron chi connectivity index (χ3n) is 1.78. The molecular formula is C9H10BrNS. The zero-order valence-corrected chi connectivity index (χ0v) is 8.78. The molecule has 1 aliphatic heterocycles. The van der Waals surface area contributed by atoms with Gasteiger partial charge in [0.1, 0.15) is 0 Å². The first-order chi connectivity index (χ1) is 6.98. The van der Waals surface area contributed by atoms with Gasteiger partial charge < -0.3 is 4.90 Å². The molecule has 0 atom stereocenters. The summed E-state index contributed by atoms with van der Waals surface area (Å²) in [6, 6.07) is 5.77. The minimum Gasteiger partial charge on any atom is -0.373 e. The lowest BCUT2D eigenvalue weighted by molar-refractivity contribution is 0.943. The summed E-state index contributed by atoms with van der Waals surface area (Å²) < 4.78 is 23.3. The first-order valence-electron chi connectivity index (χ1n) is 5.18. The van der Waals surface area contributed by atoms with E-state index in [4.69, 9.17) is 4.11 Å². The van der Waals surface area contributed by atoms with Crippen molar-refractivity contribution in [1.82, 2.24) is 0 Å². The smallest absolute Gasteiger partial charge is 0.0513 e. The van der Waals surface area contributed by atoms with Gasteiger partial charge >= 0.3 is 0 Å². The summed E-state index contributed by atoms with van der Waals surface area (Å²) in [5, 5.41) is 0. The van der Waals surface area contributed by atoms with E-state index in [0.717, 1.165) is 20.8 Å². The number of halogens is 1. The Balaban J connectivity index is 2.45. The number of rotatable bonds is 0. The summed E-state index contributed by atoms with van der Waals surface area (Å²) in [7, 11) is 0. The van der Waals surface area contributed by atoms with Crippen molar-refractivity contribution in [2.45, 2.75) is 4.90 Å². The molecule has 1 aromatic carbocycles. The highest BCUT2D eigenvalue weighted by Crippen LogP contribution is 2.35. The molecule has 0 radical (unpaired) electrons. The van der Waals surface area contributed by atoms with Crippen LogP contribution in [0.15, 0.2) is 27.6 Å². The third-order valence-corrected chi connectivity index (χ3v) is 3.32. The molecule has 0 N–H and O–H groups in total. The minimum atomic E-state index is -2.05. The average Bonchev–Trinajstić information content (AvgIpc) is 2.15. The lowest BCUT2D eigenvalue weighted by Gasteiger charge is -2.26. The van der Waals surface area contributed by atoms with E-state index in [9.17, 15) is 0 Å². The Morgan fingerprint density at radius 3 is 3.42 bits per heavy atom. The fourth-order valence-electron chi connectivity index (χ4n) is 1.19. The van der Waals surface area contributed by atoms with E-state index in [1.807, 2.05) is 18.2 Å². The Morgan fingerprint density at radius 2 is 2.58 bits per heavy atom. The van der Waals surface area contributed by atoms with Crippen molar-refractivity contribution in [3.05, 3.63) is 22.7 Å². The van der Waals surface area contributed by atoms with Crippen LogP contribution in [0.4, 0.5) is 5.69 Å². The fraction of sp³-hybridized carbons (Fsp3) is 0.333. The maximum Gasteiger partial charge on any atom is 0.0513 e. The molecular weight excluding hydrogens is 234 g/mol. The lowest BCUT2D eigenvalue weighted by Crippen LogP contribution is -2.23. The zero-order chi connectivity index (χ0) is 11.1. The molecule has 1 nitrogen and oxygen atoms in total. The quantitative estimate of drug-likeness (QED) is 0.693. The van der Waals surface area contributed by atoms with Crippen LogP contribution in [0, 0.1) is 0 Å². The van der Waals surface area contributed by atoms with Crippen molar-refractivity contribution < 1.29 is 4.11 Å². The summed E-state index contributed by atoms with van der Waals surface area (Å²) in [6.07, 6.45) is 0. The number of anilines is 1. The molecule has 12 heavy (non-hydrogen) atoms. The predicted octanol–water partition coefficient (Wildman–Crippen LogP) is 2.99. The molecule has 64 valence electrons. The Kier molecular flexibility index (Phi) is 1.53. The van der Waals surface area contributed by atoms with Gasteiger partial charge in [0.25, 0.3) is 0 Å². The Morgan fingerprint density at radius 1 is 1.67 bits per heavy atom. The van der Waals surface area contributed by atoms with Crippen molar-refractivity contribution in [2.24, 2.45) is 0 Å². The number of hydrogen-bond donors (Lipinski definition) is 0. The van der Waals surface area contributed by atoms with Gasteiger partial charge in [-0.05, 0) is 18.2 Å². The average molecular weight is 247 g/mol. The van der Waals surface area contributed by atoms with Crippen molar-refractivity contribution in [1.29, 1.82) is 0 Å². The SMILES string of the molecule is [2H]C([2H])([2H])N1CCSc2ccc(Br)cc21. The Hall–Kier alpha value is -0.150. The van der Waals surface area contributed by atoms with Gasteiger partial charge in [-0.3, -0.25) is 0 Å². The highest BCUT2D eigenvalue weighted by atomic mass is 79.9. The van der Waals surface area contributed by atoms with E-state index < -0.39 is 6.98 Å². The van der Waals surface area contributed by atoms with Gasteiger partial charge in [0, 0.05) is 32.8 Å². The van der Waals surface area contributed by atoms with Gasteiger partial charge in [-0.1, -0.05) is 15.9 Å². The van der Waals surface area contributed by atoms with Crippen LogP contribution in [0.3, 0.4) is 0 Å². The molecule has 0 fully saturated rings. The second-order valence-corrected chi connectivity index (χ2v) is 4.66. The molecule has 0 unspecified atom stereocenters. The molecule has 0 amide bonds. The van der Waals surface area contributed by atoms with E-state index in [1.165, 1.54) is 4.90 Å². The molecule has 1 aliphatic rings. The van der Waals surface area contributed by atoms with Crippen LogP contribution in [-0.4, -0.2) is 19.3 Å². The fourth-order valence-corrected chi connectivity index (χ4v) is 2.51. The van der Waals surface area contributed by atoms with E-state index in [2.05, 4.69) is 15.9 Å². The molecule has 0 bridgehead atoms. The van der Waals surface area contributed by atoms with Crippen molar-refractivity contribution in [3.8, 4) is 0 Å². The molecule has 0 saturated heterocycles. The van der Waals surface area contributed by atoms with E-state index in [1.54, 1.807) is 11.8 Å². The summed E-state index contributed by atoms with van der Waals surface area (Å²) in [4.78, 5) is 2.53. The molecule has 0 aromatic heterocycles. The molecule has 0 spiro atoms.